The molecular weight excluding hydrogens is 136 g/mol. The van der Waals surface area contributed by atoms with E-state index in [2.05, 4.69) is 22.6 Å². The fourth-order valence-electron chi connectivity index (χ4n) is 0.416. The van der Waals surface area contributed by atoms with E-state index in [1.807, 2.05) is 0 Å². The molecule has 1 rings (SSSR count). The molecule has 1 aliphatic heterocycles. The molecule has 0 amide bonds. The minimum atomic E-state index is 0.253. The van der Waals surface area contributed by atoms with E-state index >= 15 is 0 Å². The first-order valence-electron chi connectivity index (χ1n) is 2.34. The highest BCUT2D eigenvalue weighted by Crippen LogP contribution is 1.84. The number of nitrogens with two attached hydrogens (primary N) is 1. The molecule has 1 aliphatic rings. The van der Waals surface area contributed by atoms with Crippen molar-refractivity contribution in [3.63, 3.8) is 0 Å². The second-order valence-corrected chi connectivity index (χ2v) is 1.84. The van der Waals surface area contributed by atoms with Crippen LogP contribution in [0.2, 0.25) is 0 Å². The summed E-state index contributed by atoms with van der Waals surface area (Å²) < 4.78 is 0. The third-order valence-electron chi connectivity index (χ3n) is 0.794. The fourth-order valence-corrected chi connectivity index (χ4v) is 0.516. The summed E-state index contributed by atoms with van der Waals surface area (Å²) in [5.41, 5.74) is 7.99. The molecule has 0 saturated carbocycles. The van der Waals surface area contributed by atoms with Gasteiger partial charge in [0.1, 0.15) is 6.34 Å². The van der Waals surface area contributed by atoms with E-state index in [1.165, 1.54) is 11.3 Å². The van der Waals surface area contributed by atoms with Gasteiger partial charge in [-0.05, 0) is 12.2 Å². The van der Waals surface area contributed by atoms with Crippen LogP contribution in [-0.2, 0) is 0 Å². The molecule has 0 radical (unpaired) electrons. The smallest absolute Gasteiger partial charge is 0.190 e. The van der Waals surface area contributed by atoms with Crippen LogP contribution in [0.5, 0.6) is 0 Å². The largest absolute Gasteiger partial charge is 0.374 e. The highest BCUT2D eigenvalue weighted by Gasteiger charge is 1.99. The van der Waals surface area contributed by atoms with Gasteiger partial charge in [-0.3, -0.25) is 5.43 Å². The Morgan fingerprint density at radius 1 is 1.78 bits per heavy atom. The van der Waals surface area contributed by atoms with E-state index in [-0.39, 0.29) is 5.11 Å². The highest BCUT2D eigenvalue weighted by molar-refractivity contribution is 7.80. The summed E-state index contributed by atoms with van der Waals surface area (Å²) in [7, 11) is 0. The van der Waals surface area contributed by atoms with Crippen molar-refractivity contribution in [3.8, 4) is 0 Å². The van der Waals surface area contributed by atoms with E-state index in [1.54, 1.807) is 12.4 Å². The van der Waals surface area contributed by atoms with Gasteiger partial charge < -0.3 is 5.73 Å². The fraction of sp³-hybridized carbons (Fsp3) is 0. The van der Waals surface area contributed by atoms with Crippen LogP contribution in [0.3, 0.4) is 0 Å². The van der Waals surface area contributed by atoms with Crippen molar-refractivity contribution in [2.45, 2.75) is 0 Å². The first-order valence-corrected chi connectivity index (χ1v) is 2.74. The number of nitrogens with zero attached hydrogens (tertiary/aromatic N) is 2. The maximum atomic E-state index is 5.24. The predicted octanol–water partition coefficient (Wildman–Crippen LogP) is -0.450. The third-order valence-corrected chi connectivity index (χ3v) is 0.990. The maximum absolute atomic E-state index is 5.24. The van der Waals surface area contributed by atoms with Gasteiger partial charge >= 0.3 is 0 Å². The SMILES string of the molecule is NC(=S)N1C=NC=CN1. The highest BCUT2D eigenvalue weighted by atomic mass is 32.1. The van der Waals surface area contributed by atoms with Crippen molar-refractivity contribution < 1.29 is 0 Å². The number of aliphatic imine (C=N–C) groups is 1. The third kappa shape index (κ3) is 1.39. The molecule has 3 N–H and O–H groups in total. The van der Waals surface area contributed by atoms with Crippen LogP contribution in [0, 0.1) is 0 Å². The van der Waals surface area contributed by atoms with Gasteiger partial charge in [-0.25, -0.2) is 10.0 Å². The second-order valence-electron chi connectivity index (χ2n) is 1.42. The molecule has 0 fully saturated rings. The van der Waals surface area contributed by atoms with Gasteiger partial charge in [0.25, 0.3) is 0 Å². The van der Waals surface area contributed by atoms with Gasteiger partial charge in [-0.1, -0.05) is 0 Å². The van der Waals surface area contributed by atoms with Crippen LogP contribution < -0.4 is 11.2 Å². The molecule has 0 atom stereocenters. The van der Waals surface area contributed by atoms with E-state index < -0.39 is 0 Å². The topological polar surface area (TPSA) is 53.6 Å². The number of thiocarbonyl (C=S) groups is 1. The van der Waals surface area contributed by atoms with E-state index in [0.29, 0.717) is 0 Å². The molecule has 5 heteroatoms. The van der Waals surface area contributed by atoms with Gasteiger partial charge in [0.2, 0.25) is 0 Å². The maximum Gasteiger partial charge on any atom is 0.190 e. The second kappa shape index (κ2) is 2.45. The first-order chi connectivity index (χ1) is 4.30. The van der Waals surface area contributed by atoms with E-state index in [9.17, 15) is 0 Å². The molecule has 0 aromatic heterocycles. The van der Waals surface area contributed by atoms with Crippen molar-refractivity contribution >= 4 is 23.7 Å². The Bertz CT molecular complexity index is 173. The lowest BCUT2D eigenvalue weighted by Gasteiger charge is -2.17. The number of hydrogen-bond donors (Lipinski definition) is 2. The van der Waals surface area contributed by atoms with Crippen LogP contribution in [0.4, 0.5) is 0 Å². The number of rotatable bonds is 0. The summed E-state index contributed by atoms with van der Waals surface area (Å²) in [4.78, 5) is 3.77. The average molecular weight is 142 g/mol. The lowest BCUT2D eigenvalue weighted by Crippen LogP contribution is -2.43. The number of hydrogen-bond acceptors (Lipinski definition) is 3. The van der Waals surface area contributed by atoms with Crippen LogP contribution in [-0.4, -0.2) is 16.5 Å². The molecule has 0 spiro atoms. The minimum absolute atomic E-state index is 0.253. The zero-order valence-electron chi connectivity index (χ0n) is 4.61. The van der Waals surface area contributed by atoms with Crippen LogP contribution >= 0.6 is 12.2 Å². The molecule has 0 bridgehead atoms. The first kappa shape index (κ1) is 6.03. The lowest BCUT2D eigenvalue weighted by atomic mass is 10.8. The molecule has 0 saturated heterocycles. The molecule has 9 heavy (non-hydrogen) atoms. The van der Waals surface area contributed by atoms with Gasteiger partial charge in [0.05, 0.1) is 0 Å². The quantitative estimate of drug-likeness (QED) is 0.450. The molecule has 4 nitrogen and oxygen atoms in total. The van der Waals surface area contributed by atoms with E-state index in [0.717, 1.165) is 0 Å². The molecule has 0 aliphatic carbocycles. The van der Waals surface area contributed by atoms with Crippen LogP contribution in [0.1, 0.15) is 0 Å². The predicted molar refractivity (Wildman–Crippen MR) is 39.4 cm³/mol. The molecule has 48 valence electrons. The van der Waals surface area contributed by atoms with Gasteiger partial charge in [0, 0.05) is 12.4 Å². The normalized spacial score (nSPS) is 15.3. The summed E-state index contributed by atoms with van der Waals surface area (Å²) in [6.07, 6.45) is 4.75. The van der Waals surface area contributed by atoms with Gasteiger partial charge in [-0.15, -0.1) is 0 Å². The molecular formula is C4H6N4S. The molecule has 1 heterocycles. The Hall–Kier alpha value is -1.10. The van der Waals surface area contributed by atoms with Crippen molar-refractivity contribution in [1.29, 1.82) is 0 Å². The van der Waals surface area contributed by atoms with Crippen molar-refractivity contribution in [1.82, 2.24) is 10.4 Å². The molecule has 0 aromatic carbocycles. The summed E-state index contributed by atoms with van der Waals surface area (Å²) >= 11 is 4.63. The van der Waals surface area contributed by atoms with Crippen molar-refractivity contribution in [3.05, 3.63) is 12.4 Å². The monoisotopic (exact) mass is 142 g/mol. The van der Waals surface area contributed by atoms with Crippen molar-refractivity contribution in [2.75, 3.05) is 0 Å². The molecule has 0 aromatic rings. The Balaban J connectivity index is 2.56. The Morgan fingerprint density at radius 2 is 2.56 bits per heavy atom. The summed E-state index contributed by atoms with van der Waals surface area (Å²) in [6, 6.07) is 0. The Morgan fingerprint density at radius 3 is 2.89 bits per heavy atom. The van der Waals surface area contributed by atoms with Crippen molar-refractivity contribution in [2.24, 2.45) is 10.7 Å². The number of hydrazine groups is 1. The van der Waals surface area contributed by atoms with Crippen LogP contribution in [0.25, 0.3) is 0 Å². The van der Waals surface area contributed by atoms with Crippen LogP contribution in [0.15, 0.2) is 17.4 Å². The van der Waals surface area contributed by atoms with Gasteiger partial charge in [-0.2, -0.15) is 0 Å². The summed E-state index contributed by atoms with van der Waals surface area (Å²) in [5.74, 6) is 0. The molecule has 0 unspecified atom stereocenters. The van der Waals surface area contributed by atoms with Gasteiger partial charge in [0.15, 0.2) is 5.11 Å². The summed E-state index contributed by atoms with van der Waals surface area (Å²) in [5, 5.41) is 1.69. The zero-order chi connectivity index (χ0) is 6.69. The number of nitrogens with one attached hydrogen (secondary N) is 1. The Labute approximate surface area is 58.0 Å². The minimum Gasteiger partial charge on any atom is -0.374 e. The standard InChI is InChI=1S/C4H6N4S/c5-4(9)8-3-6-1-2-7-8/h1-3,7H,(H2,5,9). The van der Waals surface area contributed by atoms with E-state index in [4.69, 9.17) is 5.73 Å². The Kier molecular flexibility index (Phi) is 1.64. The lowest BCUT2D eigenvalue weighted by molar-refractivity contribution is 0.538. The average Bonchev–Trinajstić information content (AvgIpc) is 1.90. The summed E-state index contributed by atoms with van der Waals surface area (Å²) in [6.45, 7) is 0. The zero-order valence-corrected chi connectivity index (χ0v) is 5.43.